The molecule has 17 heavy (non-hydrogen) atoms. The highest BCUT2D eigenvalue weighted by atomic mass is 16.6. The van der Waals surface area contributed by atoms with Crippen LogP contribution in [0.5, 0.6) is 0 Å². The van der Waals surface area contributed by atoms with Crippen LogP contribution in [-0.2, 0) is 14.3 Å². The molecule has 2 aliphatic rings. The lowest BCUT2D eigenvalue weighted by Crippen LogP contribution is -2.45. The molecule has 2 saturated heterocycles. The maximum Gasteiger partial charge on any atom is 0.411 e. The molecule has 2 fully saturated rings. The van der Waals surface area contributed by atoms with Crippen molar-refractivity contribution in [3.05, 3.63) is 0 Å². The molecular formula is C11H18N2O4. The van der Waals surface area contributed by atoms with Crippen LogP contribution in [-0.4, -0.2) is 55.3 Å². The monoisotopic (exact) mass is 242 g/mol. The summed E-state index contributed by atoms with van der Waals surface area (Å²) in [6, 6.07) is 0. The van der Waals surface area contributed by atoms with Gasteiger partial charge in [-0.2, -0.15) is 0 Å². The van der Waals surface area contributed by atoms with Gasteiger partial charge in [-0.1, -0.05) is 0 Å². The molecule has 1 amide bonds. The molecule has 2 heterocycles. The molecule has 6 nitrogen and oxygen atoms in total. The minimum Gasteiger partial charge on any atom is -0.465 e. The van der Waals surface area contributed by atoms with Crippen molar-refractivity contribution in [1.29, 1.82) is 0 Å². The zero-order valence-corrected chi connectivity index (χ0v) is 10.0. The van der Waals surface area contributed by atoms with Gasteiger partial charge in [0.05, 0.1) is 13.2 Å². The van der Waals surface area contributed by atoms with E-state index in [1.54, 1.807) is 6.92 Å². The Balaban J connectivity index is 1.92. The highest BCUT2D eigenvalue weighted by Crippen LogP contribution is 2.30. The van der Waals surface area contributed by atoms with Crippen LogP contribution in [0.25, 0.3) is 0 Å². The first-order chi connectivity index (χ1) is 8.15. The Labute approximate surface area is 100 Å². The Bertz CT molecular complexity index is 313. The molecule has 0 aromatic carbocycles. The van der Waals surface area contributed by atoms with Gasteiger partial charge in [0, 0.05) is 12.8 Å². The Morgan fingerprint density at radius 1 is 1.53 bits per heavy atom. The Kier molecular flexibility index (Phi) is 3.51. The molecule has 1 N–H and O–H groups in total. The van der Waals surface area contributed by atoms with E-state index in [9.17, 15) is 9.59 Å². The van der Waals surface area contributed by atoms with E-state index in [0.717, 1.165) is 25.9 Å². The van der Waals surface area contributed by atoms with Crippen molar-refractivity contribution in [2.75, 3.05) is 32.8 Å². The maximum absolute atomic E-state index is 11.7. The number of esters is 1. The summed E-state index contributed by atoms with van der Waals surface area (Å²) in [5.74, 6) is -0.379. The Morgan fingerprint density at radius 2 is 2.24 bits per heavy atom. The van der Waals surface area contributed by atoms with Crippen LogP contribution < -0.4 is 5.32 Å². The minimum absolute atomic E-state index is 0.0121. The van der Waals surface area contributed by atoms with Crippen molar-refractivity contribution in [3.8, 4) is 0 Å². The van der Waals surface area contributed by atoms with Crippen LogP contribution in [0.2, 0.25) is 0 Å². The smallest absolute Gasteiger partial charge is 0.411 e. The molecule has 0 saturated carbocycles. The summed E-state index contributed by atoms with van der Waals surface area (Å²) in [4.78, 5) is 24.4. The lowest BCUT2D eigenvalue weighted by molar-refractivity contribution is -0.143. The van der Waals surface area contributed by atoms with Crippen LogP contribution in [0.3, 0.4) is 0 Å². The Morgan fingerprint density at radius 3 is 2.88 bits per heavy atom. The fourth-order valence-electron chi connectivity index (χ4n) is 2.32. The molecule has 2 aliphatic heterocycles. The van der Waals surface area contributed by atoms with Gasteiger partial charge in [-0.25, -0.2) is 4.79 Å². The SMILES string of the molecule is CCOC(=O)CN1CC2(CCNCC2)OC1=O. The van der Waals surface area contributed by atoms with E-state index < -0.39 is 11.7 Å². The molecule has 0 atom stereocenters. The van der Waals surface area contributed by atoms with E-state index in [-0.39, 0.29) is 12.5 Å². The second kappa shape index (κ2) is 4.91. The molecular weight excluding hydrogens is 224 g/mol. The first kappa shape index (κ1) is 12.2. The summed E-state index contributed by atoms with van der Waals surface area (Å²) in [6.45, 7) is 4.25. The number of hydrogen-bond acceptors (Lipinski definition) is 5. The molecule has 0 bridgehead atoms. The van der Waals surface area contributed by atoms with Crippen LogP contribution in [0.1, 0.15) is 19.8 Å². The number of carbonyl (C=O) groups excluding carboxylic acids is 2. The molecule has 0 aromatic rings. The van der Waals surface area contributed by atoms with Gasteiger partial charge in [-0.15, -0.1) is 0 Å². The quantitative estimate of drug-likeness (QED) is 0.712. The van der Waals surface area contributed by atoms with Crippen molar-refractivity contribution in [2.24, 2.45) is 0 Å². The second-order valence-electron chi connectivity index (χ2n) is 4.46. The molecule has 0 aromatic heterocycles. The Hall–Kier alpha value is -1.30. The van der Waals surface area contributed by atoms with Gasteiger partial charge in [0.2, 0.25) is 0 Å². The number of carbonyl (C=O) groups is 2. The molecule has 0 aliphatic carbocycles. The first-order valence-electron chi connectivity index (χ1n) is 5.99. The van der Waals surface area contributed by atoms with Crippen LogP contribution in [0.4, 0.5) is 4.79 Å². The number of rotatable bonds is 3. The fourth-order valence-corrected chi connectivity index (χ4v) is 2.32. The van der Waals surface area contributed by atoms with Gasteiger partial charge in [0.15, 0.2) is 0 Å². The van der Waals surface area contributed by atoms with Crippen molar-refractivity contribution in [2.45, 2.75) is 25.4 Å². The maximum atomic E-state index is 11.7. The third-order valence-corrected chi connectivity index (χ3v) is 3.18. The lowest BCUT2D eigenvalue weighted by atomic mass is 9.92. The van der Waals surface area contributed by atoms with E-state index in [4.69, 9.17) is 9.47 Å². The average molecular weight is 242 g/mol. The number of nitrogens with zero attached hydrogens (tertiary/aromatic N) is 1. The number of amides is 1. The van der Waals surface area contributed by atoms with Gasteiger partial charge in [-0.05, 0) is 20.0 Å². The summed E-state index contributed by atoms with van der Waals surface area (Å²) in [7, 11) is 0. The summed E-state index contributed by atoms with van der Waals surface area (Å²) in [6.07, 6.45) is 1.20. The highest BCUT2D eigenvalue weighted by Gasteiger charge is 2.46. The first-order valence-corrected chi connectivity index (χ1v) is 5.99. The van der Waals surface area contributed by atoms with Crippen LogP contribution in [0.15, 0.2) is 0 Å². The number of hydrogen-bond donors (Lipinski definition) is 1. The third-order valence-electron chi connectivity index (χ3n) is 3.18. The molecule has 6 heteroatoms. The van der Waals surface area contributed by atoms with E-state index in [1.165, 1.54) is 4.90 Å². The third kappa shape index (κ3) is 2.69. The van der Waals surface area contributed by atoms with E-state index in [0.29, 0.717) is 13.2 Å². The van der Waals surface area contributed by atoms with Gasteiger partial charge in [0.25, 0.3) is 0 Å². The largest absolute Gasteiger partial charge is 0.465 e. The molecule has 1 spiro atoms. The minimum atomic E-state index is -0.403. The fraction of sp³-hybridized carbons (Fsp3) is 0.818. The zero-order chi connectivity index (χ0) is 12.3. The van der Waals surface area contributed by atoms with Gasteiger partial charge < -0.3 is 14.8 Å². The van der Waals surface area contributed by atoms with Crippen molar-refractivity contribution in [3.63, 3.8) is 0 Å². The molecule has 0 unspecified atom stereocenters. The van der Waals surface area contributed by atoms with E-state index >= 15 is 0 Å². The van der Waals surface area contributed by atoms with Crippen molar-refractivity contribution >= 4 is 12.1 Å². The summed E-state index contributed by atoms with van der Waals surface area (Å²) in [5.41, 5.74) is -0.394. The predicted octanol–water partition coefficient (Wildman–Crippen LogP) is 0.124. The van der Waals surface area contributed by atoms with Crippen LogP contribution in [0, 0.1) is 0 Å². The topological polar surface area (TPSA) is 67.9 Å². The molecule has 2 rings (SSSR count). The summed E-state index contributed by atoms with van der Waals surface area (Å²) in [5, 5.41) is 3.23. The average Bonchev–Trinajstić information content (AvgIpc) is 2.56. The van der Waals surface area contributed by atoms with Gasteiger partial charge >= 0.3 is 12.1 Å². The van der Waals surface area contributed by atoms with E-state index in [2.05, 4.69) is 5.32 Å². The zero-order valence-electron chi connectivity index (χ0n) is 10.0. The van der Waals surface area contributed by atoms with Crippen molar-refractivity contribution in [1.82, 2.24) is 10.2 Å². The second-order valence-corrected chi connectivity index (χ2v) is 4.46. The lowest BCUT2D eigenvalue weighted by Gasteiger charge is -2.31. The summed E-state index contributed by atoms with van der Waals surface area (Å²) >= 11 is 0. The van der Waals surface area contributed by atoms with E-state index in [1.807, 2.05) is 0 Å². The molecule has 0 radical (unpaired) electrons. The highest BCUT2D eigenvalue weighted by molar-refractivity contribution is 5.79. The summed E-state index contributed by atoms with van der Waals surface area (Å²) < 4.78 is 10.2. The number of nitrogens with one attached hydrogen (secondary N) is 1. The molecule has 96 valence electrons. The van der Waals surface area contributed by atoms with Gasteiger partial charge in [0.1, 0.15) is 12.1 Å². The van der Waals surface area contributed by atoms with Crippen LogP contribution >= 0.6 is 0 Å². The standard InChI is InChI=1S/C11H18N2O4/c1-2-16-9(14)7-13-8-11(17-10(13)15)3-5-12-6-4-11/h12H,2-8H2,1H3. The van der Waals surface area contributed by atoms with Gasteiger partial charge in [-0.3, -0.25) is 9.69 Å². The number of piperidine rings is 1. The number of ether oxygens (including phenoxy) is 2. The predicted molar refractivity (Wildman–Crippen MR) is 59.5 cm³/mol. The van der Waals surface area contributed by atoms with Crippen molar-refractivity contribution < 1.29 is 19.1 Å². The normalized spacial score (nSPS) is 22.6.